The molecule has 3 fully saturated rings. The second-order valence-corrected chi connectivity index (χ2v) is 13.8. The lowest BCUT2D eigenvalue weighted by atomic mass is 9.95. The van der Waals surface area contributed by atoms with E-state index in [0.717, 1.165) is 24.9 Å². The van der Waals surface area contributed by atoms with Crippen molar-refractivity contribution in [3.63, 3.8) is 0 Å². The van der Waals surface area contributed by atoms with Gasteiger partial charge in [-0.2, -0.15) is 9.97 Å². The molecule has 3 saturated heterocycles. The van der Waals surface area contributed by atoms with Crippen LogP contribution in [0.4, 0.5) is 19.0 Å². The average Bonchev–Trinajstić information content (AvgIpc) is 3.88. The third-order valence-electron chi connectivity index (χ3n) is 10.7. The Hall–Kier alpha value is -5.54. The van der Waals surface area contributed by atoms with Gasteiger partial charge in [-0.3, -0.25) is 19.7 Å². The summed E-state index contributed by atoms with van der Waals surface area (Å²) in [5.74, 6) is 1.33. The van der Waals surface area contributed by atoms with Gasteiger partial charge in [-0.05, 0) is 55.0 Å². The number of terminal acetylenes is 1. The van der Waals surface area contributed by atoms with Crippen molar-refractivity contribution in [2.24, 2.45) is 0 Å². The Kier molecular flexibility index (Phi) is 8.75. The van der Waals surface area contributed by atoms with Gasteiger partial charge in [0.15, 0.2) is 5.82 Å². The van der Waals surface area contributed by atoms with Crippen LogP contribution in [0.2, 0.25) is 0 Å². The summed E-state index contributed by atoms with van der Waals surface area (Å²) in [5, 5.41) is 1.35. The van der Waals surface area contributed by atoms with E-state index in [4.69, 9.17) is 16.1 Å². The maximum Gasteiger partial charge on any atom is 0.319 e. The molecule has 264 valence electrons. The number of hydrogen-bond donors (Lipinski definition) is 0. The summed E-state index contributed by atoms with van der Waals surface area (Å²) in [6, 6.07) is 11.5. The van der Waals surface area contributed by atoms with Crippen molar-refractivity contribution in [3.8, 4) is 29.6 Å². The summed E-state index contributed by atoms with van der Waals surface area (Å²) in [7, 11) is 1.84. The quantitative estimate of drug-likeness (QED) is 0.140. The first-order valence-corrected chi connectivity index (χ1v) is 17.4. The van der Waals surface area contributed by atoms with Crippen molar-refractivity contribution >= 4 is 39.5 Å². The molecular weight excluding hydrogens is 667 g/mol. The van der Waals surface area contributed by atoms with Crippen molar-refractivity contribution in [3.05, 3.63) is 89.9 Å². The lowest BCUT2D eigenvalue weighted by Crippen LogP contribution is -2.43. The van der Waals surface area contributed by atoms with Gasteiger partial charge in [0.25, 0.3) is 0 Å². The number of carbonyl (C=O) groups is 1. The number of halogens is 3. The van der Waals surface area contributed by atoms with Crippen LogP contribution < -0.4 is 9.64 Å². The minimum Gasteiger partial charge on any atom is -0.461 e. The fourth-order valence-electron chi connectivity index (χ4n) is 8.06. The summed E-state index contributed by atoms with van der Waals surface area (Å²) in [5.41, 5.74) is 0.605. The highest BCUT2D eigenvalue weighted by Crippen LogP contribution is 2.41. The van der Waals surface area contributed by atoms with Crippen LogP contribution >= 0.6 is 0 Å². The number of fused-ring (bicyclic) bond motifs is 3. The fraction of sp³-hybridized carbons (Fsp3) is 0.325. The number of rotatable bonds is 8. The lowest BCUT2D eigenvalue weighted by Gasteiger charge is -2.31. The smallest absolute Gasteiger partial charge is 0.319 e. The second kappa shape index (κ2) is 13.5. The highest BCUT2D eigenvalue weighted by atomic mass is 19.1. The number of likely N-dealkylation sites (tertiary alicyclic amines) is 1. The van der Waals surface area contributed by atoms with Crippen LogP contribution in [-0.4, -0.2) is 93.2 Å². The van der Waals surface area contributed by atoms with Gasteiger partial charge in [0.05, 0.1) is 16.5 Å². The molecule has 0 saturated carbocycles. The predicted octanol–water partition coefficient (Wildman–Crippen LogP) is 6.21. The summed E-state index contributed by atoms with van der Waals surface area (Å²) >= 11 is 0. The van der Waals surface area contributed by atoms with Gasteiger partial charge >= 0.3 is 6.01 Å². The zero-order valence-electron chi connectivity index (χ0n) is 28.6. The number of aromatic nitrogens is 4. The first kappa shape index (κ1) is 33.6. The van der Waals surface area contributed by atoms with Crippen LogP contribution in [0.5, 0.6) is 6.01 Å². The van der Waals surface area contributed by atoms with Crippen molar-refractivity contribution < 1.29 is 22.7 Å². The summed E-state index contributed by atoms with van der Waals surface area (Å²) < 4.78 is 52.6. The minimum atomic E-state index is -0.945. The number of hydrogen-bond acceptors (Lipinski definition) is 8. The number of ether oxygens (including phenoxy) is 1. The van der Waals surface area contributed by atoms with Gasteiger partial charge in [0.1, 0.15) is 35.6 Å². The standard InChI is InChI=1S/C40H36F3N7O2/c1-3-29-32(42)12-11-26-8-4-9-30(34(26)29)36-35(43)37-31(21-45-36)38(47-39(46-37)52-24-40-15-6-17-50(40)22-27(41)19-40)48(2)28-14-18-49(23-28)33(51)13-10-25-7-5-16-44-20-25/h1,4-5,7-13,16,20-21,27-28H,6,14-15,17-19,22-24H2,2H3/b13-10+/t27-,28-,40+/m1/s1. The van der Waals surface area contributed by atoms with Crippen LogP contribution in [0, 0.1) is 24.0 Å². The van der Waals surface area contributed by atoms with Gasteiger partial charge in [-0.25, -0.2) is 13.2 Å². The molecule has 0 unspecified atom stereocenters. The van der Waals surface area contributed by atoms with Crippen LogP contribution in [-0.2, 0) is 4.79 Å². The Labute approximate surface area is 299 Å². The SMILES string of the molecule is C#Cc1c(F)ccc2cccc(-c3ncc4c(N(C)[C@@H]5CCN(C(=O)/C=C/c6cccnc6)C5)nc(OC[C@@]56CCCN5C[C@H](F)C6)nc4c3F)c12. The van der Waals surface area contributed by atoms with E-state index in [1.54, 1.807) is 53.7 Å². The largest absolute Gasteiger partial charge is 0.461 e. The molecule has 52 heavy (non-hydrogen) atoms. The number of alkyl halides is 1. The lowest BCUT2D eigenvalue weighted by molar-refractivity contribution is -0.124. The van der Waals surface area contributed by atoms with Crippen molar-refractivity contribution in [2.75, 3.05) is 44.7 Å². The molecular formula is C40H36F3N7O2. The first-order chi connectivity index (χ1) is 25.2. The van der Waals surface area contributed by atoms with E-state index >= 15 is 4.39 Å². The van der Waals surface area contributed by atoms with E-state index in [1.165, 1.54) is 18.3 Å². The van der Waals surface area contributed by atoms with E-state index in [0.29, 0.717) is 60.0 Å². The fourth-order valence-corrected chi connectivity index (χ4v) is 8.06. The van der Waals surface area contributed by atoms with E-state index in [-0.39, 0.29) is 41.3 Å². The van der Waals surface area contributed by atoms with Crippen LogP contribution in [0.1, 0.15) is 36.8 Å². The molecule has 0 N–H and O–H groups in total. The Balaban J connectivity index is 1.17. The molecule has 12 heteroatoms. The molecule has 0 radical (unpaired) electrons. The van der Waals surface area contributed by atoms with Crippen LogP contribution in [0.15, 0.2) is 67.1 Å². The van der Waals surface area contributed by atoms with Gasteiger partial charge < -0.3 is 14.5 Å². The number of likely N-dealkylation sites (N-methyl/N-ethyl adjacent to an activating group) is 1. The molecule has 3 aliphatic heterocycles. The maximum atomic E-state index is 16.9. The van der Waals surface area contributed by atoms with E-state index in [1.807, 2.05) is 18.0 Å². The molecule has 3 atom stereocenters. The molecule has 6 heterocycles. The van der Waals surface area contributed by atoms with E-state index in [9.17, 15) is 13.6 Å². The van der Waals surface area contributed by atoms with Gasteiger partial charge in [0.2, 0.25) is 5.91 Å². The maximum absolute atomic E-state index is 16.9. The summed E-state index contributed by atoms with van der Waals surface area (Å²) in [4.78, 5) is 36.9. The Morgan fingerprint density at radius 3 is 2.85 bits per heavy atom. The van der Waals surface area contributed by atoms with Gasteiger partial charge in [-0.1, -0.05) is 36.3 Å². The second-order valence-electron chi connectivity index (χ2n) is 13.8. The molecule has 3 aromatic heterocycles. The number of amides is 1. The predicted molar refractivity (Wildman–Crippen MR) is 193 cm³/mol. The monoisotopic (exact) mass is 703 g/mol. The zero-order valence-corrected chi connectivity index (χ0v) is 28.6. The van der Waals surface area contributed by atoms with Crippen LogP contribution in [0.3, 0.4) is 0 Å². The van der Waals surface area contributed by atoms with Gasteiger partial charge in [-0.15, -0.1) is 6.42 Å². The first-order valence-electron chi connectivity index (χ1n) is 17.4. The molecule has 9 nitrogen and oxygen atoms in total. The third kappa shape index (κ3) is 5.98. The highest BCUT2D eigenvalue weighted by Gasteiger charge is 2.49. The Bertz CT molecular complexity index is 2260. The number of carbonyl (C=O) groups excluding carboxylic acids is 1. The number of benzene rings is 2. The van der Waals surface area contributed by atoms with Crippen molar-refractivity contribution in [2.45, 2.75) is 43.4 Å². The molecule has 8 rings (SSSR count). The molecule has 2 aromatic carbocycles. The topological polar surface area (TPSA) is 87.6 Å². The van der Waals surface area contributed by atoms with E-state index in [2.05, 4.69) is 25.8 Å². The Morgan fingerprint density at radius 1 is 1.13 bits per heavy atom. The minimum absolute atomic E-state index is 0.0141. The molecule has 0 spiro atoms. The van der Waals surface area contributed by atoms with Crippen molar-refractivity contribution in [1.82, 2.24) is 29.7 Å². The molecule has 1 amide bonds. The Morgan fingerprint density at radius 2 is 2.02 bits per heavy atom. The number of nitrogens with zero attached hydrogens (tertiary/aromatic N) is 7. The third-order valence-corrected chi connectivity index (χ3v) is 10.7. The molecule has 5 aromatic rings. The molecule has 0 bridgehead atoms. The van der Waals surface area contributed by atoms with Gasteiger partial charge in [0, 0.05) is 74.8 Å². The zero-order chi connectivity index (χ0) is 36.0. The number of pyridine rings is 2. The average molecular weight is 704 g/mol. The highest BCUT2D eigenvalue weighted by molar-refractivity contribution is 6.02. The number of anilines is 1. The molecule has 0 aliphatic carbocycles. The normalized spacial score (nSPS) is 21.6. The van der Waals surface area contributed by atoms with Crippen molar-refractivity contribution in [1.29, 1.82) is 0 Å². The molecule has 3 aliphatic rings. The summed E-state index contributed by atoms with van der Waals surface area (Å²) in [6.45, 7) is 2.24. The van der Waals surface area contributed by atoms with Crippen LogP contribution in [0.25, 0.3) is 39.0 Å². The summed E-state index contributed by atoms with van der Waals surface area (Å²) in [6.07, 6.45) is 15.6. The van der Waals surface area contributed by atoms with E-state index < -0.39 is 23.3 Å².